The number of hydrogen-bond donors (Lipinski definition) is 2. The monoisotopic (exact) mass is 369 g/mol. The first-order chi connectivity index (χ1) is 13.1. The summed E-state index contributed by atoms with van der Waals surface area (Å²) in [4.78, 5) is 37.9. The van der Waals surface area contributed by atoms with Crippen LogP contribution in [0.2, 0.25) is 0 Å². The molecule has 0 aliphatic carbocycles. The Hall–Kier alpha value is -3.09. The Morgan fingerprint density at radius 1 is 1.00 bits per heavy atom. The Morgan fingerprint density at radius 2 is 1.70 bits per heavy atom. The van der Waals surface area contributed by atoms with Crippen molar-refractivity contribution in [1.82, 2.24) is 15.5 Å². The normalized spacial score (nSPS) is 14.6. The lowest BCUT2D eigenvalue weighted by Gasteiger charge is -2.31. The standard InChI is InChI=1S/C20H23N3O4/c24-18(21-12-15-4-2-1-3-5-15)19(25)22-13-16-6-9-23(10-7-16)20(26)17-8-11-27-14-17/h1-5,8,11,14,16H,6-7,9-10,12-13H2,(H,21,24)(H,22,25). The van der Waals surface area contributed by atoms with Crippen LogP contribution in [0.4, 0.5) is 0 Å². The maximum Gasteiger partial charge on any atom is 0.309 e. The topological polar surface area (TPSA) is 91.7 Å². The van der Waals surface area contributed by atoms with E-state index < -0.39 is 11.8 Å². The summed E-state index contributed by atoms with van der Waals surface area (Å²) >= 11 is 0. The number of nitrogens with one attached hydrogen (secondary N) is 2. The molecule has 1 saturated heterocycles. The molecule has 0 bridgehead atoms. The van der Waals surface area contributed by atoms with Crippen LogP contribution < -0.4 is 10.6 Å². The molecule has 3 amide bonds. The van der Waals surface area contributed by atoms with Crippen LogP contribution in [-0.2, 0) is 16.1 Å². The summed E-state index contributed by atoms with van der Waals surface area (Å²) < 4.78 is 4.95. The van der Waals surface area contributed by atoms with E-state index in [4.69, 9.17) is 4.42 Å². The molecule has 0 saturated carbocycles. The van der Waals surface area contributed by atoms with Gasteiger partial charge in [0.25, 0.3) is 5.91 Å². The van der Waals surface area contributed by atoms with E-state index in [2.05, 4.69) is 10.6 Å². The van der Waals surface area contributed by atoms with Gasteiger partial charge in [-0.05, 0) is 30.4 Å². The van der Waals surface area contributed by atoms with Crippen LogP contribution in [-0.4, -0.2) is 42.3 Å². The zero-order valence-electron chi connectivity index (χ0n) is 15.0. The van der Waals surface area contributed by atoms with Crippen molar-refractivity contribution in [1.29, 1.82) is 0 Å². The lowest BCUT2D eigenvalue weighted by Crippen LogP contribution is -2.44. The number of amides is 3. The lowest BCUT2D eigenvalue weighted by molar-refractivity contribution is -0.139. The fraction of sp³-hybridized carbons (Fsp3) is 0.350. The molecule has 0 spiro atoms. The van der Waals surface area contributed by atoms with E-state index in [9.17, 15) is 14.4 Å². The molecule has 2 N–H and O–H groups in total. The van der Waals surface area contributed by atoms with Crippen molar-refractivity contribution in [3.63, 3.8) is 0 Å². The fourth-order valence-electron chi connectivity index (χ4n) is 3.08. The molecule has 1 aromatic carbocycles. The van der Waals surface area contributed by atoms with Gasteiger partial charge in [0.2, 0.25) is 0 Å². The average molecular weight is 369 g/mol. The average Bonchev–Trinajstić information content (AvgIpc) is 3.25. The van der Waals surface area contributed by atoms with E-state index in [1.165, 1.54) is 12.5 Å². The van der Waals surface area contributed by atoms with Crippen LogP contribution in [0.25, 0.3) is 0 Å². The molecule has 1 aliphatic heterocycles. The molecule has 2 heterocycles. The summed E-state index contributed by atoms with van der Waals surface area (Å²) in [5, 5.41) is 5.30. The van der Waals surface area contributed by atoms with Crippen molar-refractivity contribution in [3.05, 3.63) is 60.1 Å². The van der Waals surface area contributed by atoms with E-state index in [0.717, 1.165) is 18.4 Å². The Morgan fingerprint density at radius 3 is 2.37 bits per heavy atom. The van der Waals surface area contributed by atoms with E-state index in [-0.39, 0.29) is 11.8 Å². The van der Waals surface area contributed by atoms with Crippen LogP contribution in [0.5, 0.6) is 0 Å². The van der Waals surface area contributed by atoms with Gasteiger partial charge in [-0.2, -0.15) is 0 Å². The summed E-state index contributed by atoms with van der Waals surface area (Å²) in [5.41, 5.74) is 1.49. The molecular weight excluding hydrogens is 346 g/mol. The van der Waals surface area contributed by atoms with Gasteiger partial charge in [-0.15, -0.1) is 0 Å². The number of carbonyl (C=O) groups excluding carboxylic acids is 3. The van der Waals surface area contributed by atoms with Crippen LogP contribution in [0.3, 0.4) is 0 Å². The summed E-state index contributed by atoms with van der Waals surface area (Å²) in [6.07, 6.45) is 4.51. The smallest absolute Gasteiger partial charge is 0.309 e. The minimum Gasteiger partial charge on any atom is -0.472 e. The zero-order chi connectivity index (χ0) is 19.1. The molecule has 27 heavy (non-hydrogen) atoms. The highest BCUT2D eigenvalue weighted by Crippen LogP contribution is 2.18. The second kappa shape index (κ2) is 9.02. The minimum absolute atomic E-state index is 0.0356. The number of nitrogens with zero attached hydrogens (tertiary/aromatic N) is 1. The van der Waals surface area contributed by atoms with Crippen molar-refractivity contribution in [2.45, 2.75) is 19.4 Å². The van der Waals surface area contributed by atoms with Gasteiger partial charge in [0, 0.05) is 26.2 Å². The first-order valence-electron chi connectivity index (χ1n) is 9.05. The number of piperidine rings is 1. The largest absolute Gasteiger partial charge is 0.472 e. The second-order valence-corrected chi connectivity index (χ2v) is 6.63. The molecule has 0 radical (unpaired) electrons. The van der Waals surface area contributed by atoms with Crippen molar-refractivity contribution in [2.24, 2.45) is 5.92 Å². The first kappa shape index (κ1) is 18.7. The van der Waals surface area contributed by atoms with Crippen LogP contribution >= 0.6 is 0 Å². The predicted molar refractivity (Wildman–Crippen MR) is 98.6 cm³/mol. The molecule has 3 rings (SSSR count). The minimum atomic E-state index is -0.633. The maximum atomic E-state index is 12.3. The van der Waals surface area contributed by atoms with Gasteiger partial charge in [-0.3, -0.25) is 14.4 Å². The third-order valence-electron chi connectivity index (χ3n) is 4.72. The molecule has 7 heteroatoms. The summed E-state index contributed by atoms with van der Waals surface area (Å²) in [5.74, 6) is -1.04. The number of carbonyl (C=O) groups is 3. The lowest BCUT2D eigenvalue weighted by atomic mass is 9.96. The van der Waals surface area contributed by atoms with E-state index in [1.54, 1.807) is 11.0 Å². The highest BCUT2D eigenvalue weighted by atomic mass is 16.3. The summed E-state index contributed by atoms with van der Waals surface area (Å²) in [7, 11) is 0. The molecule has 0 unspecified atom stereocenters. The quantitative estimate of drug-likeness (QED) is 0.783. The Balaban J connectivity index is 1.36. The maximum absolute atomic E-state index is 12.3. The second-order valence-electron chi connectivity index (χ2n) is 6.63. The SMILES string of the molecule is O=C(NCc1ccccc1)C(=O)NCC1CCN(C(=O)c2ccoc2)CC1. The number of likely N-dealkylation sites (tertiary alicyclic amines) is 1. The van der Waals surface area contributed by atoms with Crippen molar-refractivity contribution in [3.8, 4) is 0 Å². The van der Waals surface area contributed by atoms with Crippen molar-refractivity contribution in [2.75, 3.05) is 19.6 Å². The summed E-state index contributed by atoms with van der Waals surface area (Å²) in [6, 6.07) is 11.1. The van der Waals surface area contributed by atoms with Gasteiger partial charge in [0.15, 0.2) is 0 Å². The third kappa shape index (κ3) is 5.20. The van der Waals surface area contributed by atoms with Gasteiger partial charge in [0.05, 0.1) is 11.8 Å². The van der Waals surface area contributed by atoms with Gasteiger partial charge in [-0.1, -0.05) is 30.3 Å². The number of benzene rings is 1. The van der Waals surface area contributed by atoms with Gasteiger partial charge >= 0.3 is 11.8 Å². The van der Waals surface area contributed by atoms with E-state index in [1.807, 2.05) is 30.3 Å². The zero-order valence-corrected chi connectivity index (χ0v) is 15.0. The van der Waals surface area contributed by atoms with Crippen molar-refractivity contribution < 1.29 is 18.8 Å². The summed E-state index contributed by atoms with van der Waals surface area (Å²) in [6.45, 7) is 2.02. The molecular formula is C20H23N3O4. The Labute approximate surface area is 157 Å². The van der Waals surface area contributed by atoms with Gasteiger partial charge in [0.1, 0.15) is 6.26 Å². The molecule has 1 aliphatic rings. The van der Waals surface area contributed by atoms with E-state index in [0.29, 0.717) is 31.7 Å². The Bertz CT molecular complexity index is 766. The van der Waals surface area contributed by atoms with Crippen molar-refractivity contribution >= 4 is 17.7 Å². The Kier molecular flexibility index (Phi) is 6.25. The first-order valence-corrected chi connectivity index (χ1v) is 9.05. The molecule has 2 aromatic rings. The van der Waals surface area contributed by atoms with Crippen LogP contribution in [0, 0.1) is 5.92 Å². The number of rotatable bonds is 5. The third-order valence-corrected chi connectivity index (χ3v) is 4.72. The molecule has 1 fully saturated rings. The fourth-order valence-corrected chi connectivity index (χ4v) is 3.08. The van der Waals surface area contributed by atoms with Gasteiger partial charge in [-0.25, -0.2) is 0 Å². The van der Waals surface area contributed by atoms with Gasteiger partial charge < -0.3 is 20.0 Å². The number of furan rings is 1. The molecule has 0 atom stereocenters. The predicted octanol–water partition coefficient (Wildman–Crippen LogP) is 1.56. The molecule has 7 nitrogen and oxygen atoms in total. The molecule has 1 aromatic heterocycles. The van der Waals surface area contributed by atoms with E-state index >= 15 is 0 Å². The van der Waals surface area contributed by atoms with Crippen LogP contribution in [0.15, 0.2) is 53.3 Å². The van der Waals surface area contributed by atoms with Crippen LogP contribution in [0.1, 0.15) is 28.8 Å². The highest BCUT2D eigenvalue weighted by Gasteiger charge is 2.25. The number of hydrogen-bond acceptors (Lipinski definition) is 4. The molecule has 142 valence electrons. The highest BCUT2D eigenvalue weighted by molar-refractivity contribution is 6.35.